The molecule has 0 saturated heterocycles. The lowest BCUT2D eigenvalue weighted by molar-refractivity contribution is 0.619. The second-order valence-electron chi connectivity index (χ2n) is 4.68. The first kappa shape index (κ1) is 12.1. The Balaban J connectivity index is 1.65. The van der Waals surface area contributed by atoms with Crippen LogP contribution in [-0.2, 0) is 13.0 Å². The van der Waals surface area contributed by atoms with Gasteiger partial charge in [0.25, 0.3) is 0 Å². The molecule has 0 spiro atoms. The molecule has 0 unspecified atom stereocenters. The van der Waals surface area contributed by atoms with Crippen molar-refractivity contribution in [2.45, 2.75) is 51.6 Å². The fraction of sp³-hybridized carbons (Fsp3) is 0.692. The number of nitrogens with one attached hydrogen (secondary N) is 1. The van der Waals surface area contributed by atoms with E-state index in [9.17, 15) is 0 Å². The van der Waals surface area contributed by atoms with Crippen molar-refractivity contribution in [3.8, 4) is 0 Å². The van der Waals surface area contributed by atoms with Crippen molar-refractivity contribution in [2.75, 3.05) is 6.54 Å². The van der Waals surface area contributed by atoms with Gasteiger partial charge in [0.1, 0.15) is 0 Å². The average molecular weight is 238 g/mol. The van der Waals surface area contributed by atoms with E-state index in [0.29, 0.717) is 6.54 Å². The first-order valence-corrected chi connectivity index (χ1v) is 7.13. The van der Waals surface area contributed by atoms with Crippen LogP contribution in [0.5, 0.6) is 0 Å². The Labute approximate surface area is 102 Å². The molecule has 0 radical (unpaired) electrons. The van der Waals surface area contributed by atoms with Gasteiger partial charge >= 0.3 is 0 Å². The van der Waals surface area contributed by atoms with Gasteiger partial charge in [-0.2, -0.15) is 0 Å². The van der Waals surface area contributed by atoms with Gasteiger partial charge < -0.3 is 11.1 Å². The van der Waals surface area contributed by atoms with Crippen LogP contribution in [0.25, 0.3) is 0 Å². The molecule has 0 aromatic carbocycles. The molecule has 1 aliphatic carbocycles. The molecule has 0 bridgehead atoms. The van der Waals surface area contributed by atoms with Gasteiger partial charge in [0, 0.05) is 22.3 Å². The van der Waals surface area contributed by atoms with E-state index in [1.807, 2.05) is 11.3 Å². The quantitative estimate of drug-likeness (QED) is 0.717. The average Bonchev–Trinajstić information content (AvgIpc) is 3.03. The third kappa shape index (κ3) is 3.58. The molecule has 0 amide bonds. The first-order valence-electron chi connectivity index (χ1n) is 6.31. The van der Waals surface area contributed by atoms with Gasteiger partial charge in [0.2, 0.25) is 0 Å². The molecule has 2 rings (SSSR count). The molecule has 1 fully saturated rings. The highest BCUT2D eigenvalue weighted by atomic mass is 32.1. The molecule has 1 aliphatic rings. The van der Waals surface area contributed by atoms with E-state index in [4.69, 9.17) is 5.73 Å². The Hall–Kier alpha value is -0.380. The summed E-state index contributed by atoms with van der Waals surface area (Å²) >= 11 is 1.85. The van der Waals surface area contributed by atoms with Crippen molar-refractivity contribution in [1.82, 2.24) is 5.32 Å². The lowest BCUT2D eigenvalue weighted by Crippen LogP contribution is -2.17. The molecular formula is C13H22N2S. The maximum absolute atomic E-state index is 5.65. The van der Waals surface area contributed by atoms with Crippen LogP contribution in [0, 0.1) is 6.92 Å². The van der Waals surface area contributed by atoms with Crippen molar-refractivity contribution in [3.05, 3.63) is 21.4 Å². The van der Waals surface area contributed by atoms with Crippen LogP contribution >= 0.6 is 11.3 Å². The number of unbranched alkanes of at least 4 members (excludes halogenated alkanes) is 1. The summed E-state index contributed by atoms with van der Waals surface area (Å²) < 4.78 is 0. The summed E-state index contributed by atoms with van der Waals surface area (Å²) in [5, 5.41) is 3.56. The normalized spacial score (nSPS) is 15.6. The molecule has 3 N–H and O–H groups in total. The van der Waals surface area contributed by atoms with Gasteiger partial charge in [-0.05, 0) is 57.2 Å². The number of hydrogen-bond donors (Lipinski definition) is 2. The Kier molecular flexibility index (Phi) is 4.38. The monoisotopic (exact) mass is 238 g/mol. The predicted molar refractivity (Wildman–Crippen MR) is 70.9 cm³/mol. The summed E-state index contributed by atoms with van der Waals surface area (Å²) in [6.07, 6.45) is 6.59. The Morgan fingerprint density at radius 1 is 1.44 bits per heavy atom. The number of aryl methyl sites for hydroxylation is 2. The molecule has 16 heavy (non-hydrogen) atoms. The number of thiophene rings is 1. The Bertz CT molecular complexity index is 329. The minimum absolute atomic E-state index is 0.689. The highest BCUT2D eigenvalue weighted by Crippen LogP contribution is 2.23. The number of hydrogen-bond acceptors (Lipinski definition) is 3. The SMILES string of the molecule is Cc1sc(CN)cc1CCCCNC1CC1. The molecule has 1 aromatic heterocycles. The zero-order valence-corrected chi connectivity index (χ0v) is 10.9. The third-order valence-electron chi connectivity index (χ3n) is 3.16. The van der Waals surface area contributed by atoms with E-state index in [-0.39, 0.29) is 0 Å². The summed E-state index contributed by atoms with van der Waals surface area (Å²) in [6, 6.07) is 3.14. The highest BCUT2D eigenvalue weighted by molar-refractivity contribution is 7.12. The second kappa shape index (κ2) is 5.80. The Morgan fingerprint density at radius 3 is 2.88 bits per heavy atom. The number of nitrogens with two attached hydrogens (primary N) is 1. The van der Waals surface area contributed by atoms with Crippen LogP contribution in [-0.4, -0.2) is 12.6 Å². The van der Waals surface area contributed by atoms with E-state index >= 15 is 0 Å². The molecule has 0 atom stereocenters. The highest BCUT2D eigenvalue weighted by Gasteiger charge is 2.19. The van der Waals surface area contributed by atoms with Crippen molar-refractivity contribution in [1.29, 1.82) is 0 Å². The lowest BCUT2D eigenvalue weighted by Gasteiger charge is -2.02. The maximum atomic E-state index is 5.65. The zero-order chi connectivity index (χ0) is 11.4. The molecule has 1 heterocycles. The molecule has 0 aliphatic heterocycles. The number of rotatable bonds is 7. The molecule has 1 saturated carbocycles. The minimum Gasteiger partial charge on any atom is -0.326 e. The lowest BCUT2D eigenvalue weighted by atomic mass is 10.1. The van der Waals surface area contributed by atoms with Crippen LogP contribution in [0.15, 0.2) is 6.07 Å². The van der Waals surface area contributed by atoms with Gasteiger partial charge in [-0.3, -0.25) is 0 Å². The smallest absolute Gasteiger partial charge is 0.0273 e. The summed E-state index contributed by atoms with van der Waals surface area (Å²) in [7, 11) is 0. The van der Waals surface area contributed by atoms with Crippen LogP contribution in [0.2, 0.25) is 0 Å². The predicted octanol–water partition coefficient (Wildman–Crippen LogP) is 2.59. The fourth-order valence-electron chi connectivity index (χ4n) is 1.97. The van der Waals surface area contributed by atoms with E-state index in [2.05, 4.69) is 18.3 Å². The van der Waals surface area contributed by atoms with E-state index in [1.54, 1.807) is 0 Å². The topological polar surface area (TPSA) is 38.0 Å². The van der Waals surface area contributed by atoms with Crippen molar-refractivity contribution in [3.63, 3.8) is 0 Å². The van der Waals surface area contributed by atoms with Gasteiger partial charge in [0.05, 0.1) is 0 Å². The summed E-state index contributed by atoms with van der Waals surface area (Å²) in [4.78, 5) is 2.78. The van der Waals surface area contributed by atoms with E-state index < -0.39 is 0 Å². The molecular weight excluding hydrogens is 216 g/mol. The molecule has 3 heteroatoms. The van der Waals surface area contributed by atoms with Crippen LogP contribution in [0.3, 0.4) is 0 Å². The first-order chi connectivity index (χ1) is 7.79. The van der Waals surface area contributed by atoms with E-state index in [1.165, 1.54) is 54.0 Å². The fourth-order valence-corrected chi connectivity index (χ4v) is 2.94. The maximum Gasteiger partial charge on any atom is 0.0273 e. The van der Waals surface area contributed by atoms with Crippen LogP contribution in [0.1, 0.15) is 41.0 Å². The summed E-state index contributed by atoms with van der Waals surface area (Å²) in [5.74, 6) is 0. The standard InChI is InChI=1S/C13H22N2S/c1-10-11(8-13(9-14)16-10)4-2-3-7-15-12-5-6-12/h8,12,15H,2-7,9,14H2,1H3. The van der Waals surface area contributed by atoms with Crippen LogP contribution < -0.4 is 11.1 Å². The van der Waals surface area contributed by atoms with Crippen molar-refractivity contribution < 1.29 is 0 Å². The van der Waals surface area contributed by atoms with Crippen molar-refractivity contribution in [2.24, 2.45) is 5.73 Å². The molecule has 2 nitrogen and oxygen atoms in total. The van der Waals surface area contributed by atoms with Gasteiger partial charge in [-0.1, -0.05) is 0 Å². The van der Waals surface area contributed by atoms with Crippen LogP contribution in [0.4, 0.5) is 0 Å². The van der Waals surface area contributed by atoms with Crippen molar-refractivity contribution >= 4 is 11.3 Å². The van der Waals surface area contributed by atoms with E-state index in [0.717, 1.165) is 6.04 Å². The summed E-state index contributed by atoms with van der Waals surface area (Å²) in [6.45, 7) is 4.09. The van der Waals surface area contributed by atoms with Gasteiger partial charge in [0.15, 0.2) is 0 Å². The van der Waals surface area contributed by atoms with Gasteiger partial charge in [-0.15, -0.1) is 11.3 Å². The largest absolute Gasteiger partial charge is 0.326 e. The third-order valence-corrected chi connectivity index (χ3v) is 4.27. The molecule has 90 valence electrons. The second-order valence-corrected chi connectivity index (χ2v) is 6.02. The van der Waals surface area contributed by atoms with Gasteiger partial charge in [-0.25, -0.2) is 0 Å². The summed E-state index contributed by atoms with van der Waals surface area (Å²) in [5.41, 5.74) is 7.16. The zero-order valence-electron chi connectivity index (χ0n) is 10.1. The Morgan fingerprint density at radius 2 is 2.25 bits per heavy atom. The minimum atomic E-state index is 0.689. The molecule has 1 aromatic rings.